The van der Waals surface area contributed by atoms with Crippen molar-refractivity contribution in [1.29, 1.82) is 0 Å². The topological polar surface area (TPSA) is 83.0 Å². The normalized spacial score (nSPS) is 15.0. The molecule has 10 aromatic rings. The highest BCUT2D eigenvalue weighted by Crippen LogP contribution is 2.41. The van der Waals surface area contributed by atoms with Crippen LogP contribution in [0.4, 0.5) is 0 Å². The summed E-state index contributed by atoms with van der Waals surface area (Å²) in [6, 6.07) is 66.7. The number of benzene rings is 10. The Balaban J connectivity index is 0.777. The van der Waals surface area contributed by atoms with E-state index in [-0.39, 0.29) is 23.6 Å². The van der Waals surface area contributed by atoms with Crippen LogP contribution in [0.1, 0.15) is 47.9 Å². The largest absolute Gasteiger partial charge is 0.507 e. The van der Waals surface area contributed by atoms with E-state index < -0.39 is 0 Å². The van der Waals surface area contributed by atoms with Crippen LogP contribution in [0, 0.1) is 0 Å². The molecular weight excluding hydrogens is 837 g/mol. The first-order valence-electron chi connectivity index (χ1n) is 23.9. The summed E-state index contributed by atoms with van der Waals surface area (Å²) in [4.78, 5) is 0. The Hall–Kier alpha value is -7.64. The number of hydrogen-bond acceptors (Lipinski definition) is 6. The van der Waals surface area contributed by atoms with Crippen molar-refractivity contribution in [2.24, 2.45) is 0 Å². The second-order valence-corrected chi connectivity index (χ2v) is 18.1. The van der Waals surface area contributed by atoms with Gasteiger partial charge in [-0.3, -0.25) is 0 Å². The van der Waals surface area contributed by atoms with E-state index in [1.165, 1.54) is 43.1 Å². The van der Waals surface area contributed by atoms with Gasteiger partial charge in [-0.2, -0.15) is 0 Å². The van der Waals surface area contributed by atoms with Gasteiger partial charge in [0.1, 0.15) is 36.2 Å². The molecular formula is C62H54N2O4. The van der Waals surface area contributed by atoms with Crippen molar-refractivity contribution >= 4 is 43.1 Å². The molecule has 2 atom stereocenters. The molecule has 4 N–H and O–H groups in total. The molecule has 0 amide bonds. The third-order valence-corrected chi connectivity index (χ3v) is 14.0. The van der Waals surface area contributed by atoms with E-state index in [0.717, 1.165) is 81.7 Å². The molecule has 6 nitrogen and oxygen atoms in total. The van der Waals surface area contributed by atoms with E-state index in [2.05, 4.69) is 120 Å². The van der Waals surface area contributed by atoms with Crippen LogP contribution in [0.2, 0.25) is 0 Å². The Morgan fingerprint density at radius 3 is 1.12 bits per heavy atom. The molecule has 336 valence electrons. The Labute approximate surface area is 397 Å². The van der Waals surface area contributed by atoms with Gasteiger partial charge in [0.25, 0.3) is 0 Å². The molecule has 0 bridgehead atoms. The van der Waals surface area contributed by atoms with Gasteiger partial charge in [0, 0.05) is 69.7 Å². The molecule has 68 heavy (non-hydrogen) atoms. The lowest BCUT2D eigenvalue weighted by Crippen LogP contribution is -2.49. The molecule has 11 rings (SSSR count). The molecule has 1 aliphatic rings. The van der Waals surface area contributed by atoms with Crippen LogP contribution in [0.5, 0.6) is 23.0 Å². The van der Waals surface area contributed by atoms with E-state index in [1.54, 1.807) is 0 Å². The van der Waals surface area contributed by atoms with Crippen molar-refractivity contribution in [2.75, 3.05) is 0 Å². The molecule has 10 aromatic carbocycles. The highest BCUT2D eigenvalue weighted by Gasteiger charge is 2.26. The van der Waals surface area contributed by atoms with Gasteiger partial charge in [0.05, 0.1) is 0 Å². The fourth-order valence-corrected chi connectivity index (χ4v) is 10.5. The van der Waals surface area contributed by atoms with E-state index in [4.69, 9.17) is 9.47 Å². The molecule has 1 saturated carbocycles. The fourth-order valence-electron chi connectivity index (χ4n) is 10.5. The second kappa shape index (κ2) is 19.3. The number of phenols is 2. The minimum atomic E-state index is 0.183. The zero-order chi connectivity index (χ0) is 45.8. The van der Waals surface area contributed by atoms with Crippen LogP contribution in [0.3, 0.4) is 0 Å². The summed E-state index contributed by atoms with van der Waals surface area (Å²) < 4.78 is 13.3. The monoisotopic (exact) mass is 890 g/mol. The summed E-state index contributed by atoms with van der Waals surface area (Å²) in [5, 5.41) is 40.8. The second-order valence-electron chi connectivity index (χ2n) is 18.1. The molecule has 1 fully saturated rings. The predicted molar refractivity (Wildman–Crippen MR) is 278 cm³/mol. The van der Waals surface area contributed by atoms with Gasteiger partial charge in [-0.05, 0) is 80.2 Å². The van der Waals surface area contributed by atoms with Crippen LogP contribution in [0.15, 0.2) is 194 Å². The number of rotatable bonds is 14. The molecule has 0 spiro atoms. The summed E-state index contributed by atoms with van der Waals surface area (Å²) in [6.45, 7) is 1.81. The SMILES string of the molecule is Oc1c(CN[C@H]2CCCC[C@@H]2NCc2cccc(-c3ccccc3OCc3c4ccccc4cc4ccccc34)c2O)cccc1-c1ccccc1OCc1c2ccccc2cc2ccccc12. The molecule has 0 aromatic heterocycles. The molecule has 1 aliphatic carbocycles. The van der Waals surface area contributed by atoms with Crippen molar-refractivity contribution in [1.82, 2.24) is 10.6 Å². The number of hydrogen-bond donors (Lipinski definition) is 4. The third-order valence-electron chi connectivity index (χ3n) is 14.0. The van der Waals surface area contributed by atoms with E-state index in [1.807, 2.05) is 84.9 Å². The number of fused-ring (bicyclic) bond motifs is 4. The Morgan fingerprint density at radius 1 is 0.382 bits per heavy atom. The fraction of sp³-hybridized carbons (Fsp3) is 0.161. The Kier molecular flexibility index (Phi) is 12.2. The van der Waals surface area contributed by atoms with Crippen LogP contribution in [0.25, 0.3) is 65.3 Å². The van der Waals surface area contributed by atoms with Gasteiger partial charge in [-0.25, -0.2) is 0 Å². The lowest BCUT2D eigenvalue weighted by Gasteiger charge is -2.33. The first-order chi connectivity index (χ1) is 33.6. The van der Waals surface area contributed by atoms with Crippen LogP contribution >= 0.6 is 0 Å². The summed E-state index contributed by atoms with van der Waals surface area (Å²) in [7, 11) is 0. The van der Waals surface area contributed by atoms with Crippen molar-refractivity contribution in [3.05, 3.63) is 216 Å². The van der Waals surface area contributed by atoms with Crippen molar-refractivity contribution in [2.45, 2.75) is 64.1 Å². The molecule has 0 aliphatic heterocycles. The Bertz CT molecular complexity index is 3100. The highest BCUT2D eigenvalue weighted by atomic mass is 16.5. The summed E-state index contributed by atoms with van der Waals surface area (Å²) >= 11 is 0. The standard InChI is InChI=1S/C62H54N2O4/c65-61-45(21-15-29-53(61)51-27-9-13-33-59(51)67-39-55-47-23-5-1-17-41(47)35-42-18-2-6-24-48(42)55)37-63-57-31-11-12-32-58(57)64-38-46-22-16-30-54(62(46)66)52-28-10-14-34-60(52)68-40-56-49-25-7-3-19-43(49)36-44-20-4-8-26-50(44)56/h1-10,13-30,33-36,57-58,63-66H,11-12,31-32,37-40H2/t57-,58-/m0/s1. The number of para-hydroxylation sites is 4. The Morgan fingerprint density at radius 2 is 0.721 bits per heavy atom. The van der Waals surface area contributed by atoms with Gasteiger partial charge in [0.15, 0.2) is 0 Å². The molecule has 0 unspecified atom stereocenters. The van der Waals surface area contributed by atoms with E-state index in [0.29, 0.717) is 26.3 Å². The number of nitrogens with one attached hydrogen (secondary N) is 2. The number of ether oxygens (including phenoxy) is 2. The van der Waals surface area contributed by atoms with Gasteiger partial charge in [-0.1, -0.05) is 183 Å². The maximum Gasteiger partial charge on any atom is 0.128 e. The zero-order valence-corrected chi connectivity index (χ0v) is 38.0. The van der Waals surface area contributed by atoms with Crippen molar-refractivity contribution in [3.8, 4) is 45.3 Å². The average Bonchev–Trinajstić information content (AvgIpc) is 3.38. The maximum absolute atomic E-state index is 11.9. The van der Waals surface area contributed by atoms with Crippen LogP contribution in [-0.4, -0.2) is 22.3 Å². The zero-order valence-electron chi connectivity index (χ0n) is 38.0. The predicted octanol–water partition coefficient (Wildman–Crippen LogP) is 14.4. The van der Waals surface area contributed by atoms with Gasteiger partial charge >= 0.3 is 0 Å². The molecule has 0 heterocycles. The quantitative estimate of drug-likeness (QED) is 0.0814. The minimum Gasteiger partial charge on any atom is -0.507 e. The number of phenolic OH excluding ortho intramolecular Hbond substituents is 2. The van der Waals surface area contributed by atoms with Gasteiger partial charge in [-0.15, -0.1) is 0 Å². The highest BCUT2D eigenvalue weighted by molar-refractivity contribution is 6.03. The number of aromatic hydroxyl groups is 2. The summed E-state index contributed by atoms with van der Waals surface area (Å²) in [5.41, 5.74) is 7.14. The van der Waals surface area contributed by atoms with Gasteiger partial charge < -0.3 is 30.3 Å². The van der Waals surface area contributed by atoms with Gasteiger partial charge in [0.2, 0.25) is 0 Å². The van der Waals surface area contributed by atoms with Crippen LogP contribution in [-0.2, 0) is 26.3 Å². The van der Waals surface area contributed by atoms with E-state index in [9.17, 15) is 10.2 Å². The summed E-state index contributed by atoms with van der Waals surface area (Å²) in [5.74, 6) is 1.95. The van der Waals surface area contributed by atoms with Crippen molar-refractivity contribution < 1.29 is 19.7 Å². The third kappa shape index (κ3) is 8.61. The smallest absolute Gasteiger partial charge is 0.128 e. The van der Waals surface area contributed by atoms with Crippen LogP contribution < -0.4 is 20.1 Å². The first kappa shape index (κ1) is 43.0. The maximum atomic E-state index is 11.9. The minimum absolute atomic E-state index is 0.183. The lowest BCUT2D eigenvalue weighted by atomic mass is 9.89. The molecule has 0 saturated heterocycles. The first-order valence-corrected chi connectivity index (χ1v) is 23.9. The van der Waals surface area contributed by atoms with E-state index >= 15 is 0 Å². The lowest BCUT2D eigenvalue weighted by molar-refractivity contribution is 0.279. The summed E-state index contributed by atoms with van der Waals surface area (Å²) in [6.07, 6.45) is 4.29. The van der Waals surface area contributed by atoms with Crippen molar-refractivity contribution in [3.63, 3.8) is 0 Å². The molecule has 6 heteroatoms. The average molecular weight is 891 g/mol. The molecule has 0 radical (unpaired) electrons.